The summed E-state index contributed by atoms with van der Waals surface area (Å²) in [7, 11) is 0. The predicted molar refractivity (Wildman–Crippen MR) is 92.8 cm³/mol. The Balaban J connectivity index is 1.62. The van der Waals surface area contributed by atoms with Gasteiger partial charge in [-0.1, -0.05) is 36.8 Å². The number of carbonyl (C=O) groups excluding carboxylic acids is 3. The minimum atomic E-state index is -0.714. The number of hydrogen-bond acceptors (Lipinski definition) is 5. The Labute approximate surface area is 148 Å². The third-order valence-electron chi connectivity index (χ3n) is 4.10. The van der Waals surface area contributed by atoms with Gasteiger partial charge in [-0.05, 0) is 37.7 Å². The van der Waals surface area contributed by atoms with Gasteiger partial charge in [0, 0.05) is 18.6 Å². The smallest absolute Gasteiger partial charge is 0.331 e. The van der Waals surface area contributed by atoms with Crippen molar-refractivity contribution in [2.45, 2.75) is 51.0 Å². The molecule has 0 N–H and O–H groups in total. The highest BCUT2D eigenvalue weighted by Crippen LogP contribution is 2.20. The fourth-order valence-corrected chi connectivity index (χ4v) is 2.72. The molecule has 0 heterocycles. The Morgan fingerprint density at radius 1 is 0.960 bits per heavy atom. The molecule has 134 valence electrons. The molecule has 0 radical (unpaired) electrons. The molecule has 0 bridgehead atoms. The van der Waals surface area contributed by atoms with Crippen molar-refractivity contribution in [2.75, 3.05) is 6.61 Å². The molecule has 2 rings (SSSR count). The van der Waals surface area contributed by atoms with Gasteiger partial charge in [0.05, 0.1) is 0 Å². The van der Waals surface area contributed by atoms with Crippen molar-refractivity contribution in [3.8, 4) is 0 Å². The van der Waals surface area contributed by atoms with E-state index in [2.05, 4.69) is 0 Å². The van der Waals surface area contributed by atoms with Gasteiger partial charge in [-0.3, -0.25) is 4.79 Å². The SMILES string of the molecule is O=C(CCc1ccccc1)COC(=O)/C=C/C(=O)OC1CCCCC1. The highest BCUT2D eigenvalue weighted by atomic mass is 16.5. The molecule has 0 unspecified atom stereocenters. The summed E-state index contributed by atoms with van der Waals surface area (Å²) in [5, 5.41) is 0. The summed E-state index contributed by atoms with van der Waals surface area (Å²) in [6, 6.07) is 9.63. The summed E-state index contributed by atoms with van der Waals surface area (Å²) in [5.41, 5.74) is 1.06. The van der Waals surface area contributed by atoms with Crippen LogP contribution in [-0.2, 0) is 30.3 Å². The molecule has 1 aromatic rings. The van der Waals surface area contributed by atoms with Gasteiger partial charge in [0.2, 0.25) is 0 Å². The Hall–Kier alpha value is -2.43. The molecule has 1 saturated carbocycles. The van der Waals surface area contributed by atoms with Crippen molar-refractivity contribution in [1.29, 1.82) is 0 Å². The molecular formula is C20H24O5. The number of ketones is 1. The van der Waals surface area contributed by atoms with Crippen LogP contribution >= 0.6 is 0 Å². The van der Waals surface area contributed by atoms with E-state index in [0.29, 0.717) is 12.8 Å². The molecule has 5 heteroatoms. The highest BCUT2D eigenvalue weighted by molar-refractivity contribution is 5.92. The summed E-state index contributed by atoms with van der Waals surface area (Å²) in [6.45, 7) is -0.284. The molecule has 1 aliphatic rings. The number of ether oxygens (including phenoxy) is 2. The van der Waals surface area contributed by atoms with Crippen LogP contribution in [0.25, 0.3) is 0 Å². The van der Waals surface area contributed by atoms with Gasteiger partial charge in [-0.2, -0.15) is 0 Å². The monoisotopic (exact) mass is 344 g/mol. The second-order valence-electron chi connectivity index (χ2n) is 6.16. The first kappa shape index (κ1) is 18.9. The fraction of sp³-hybridized carbons (Fsp3) is 0.450. The van der Waals surface area contributed by atoms with Crippen molar-refractivity contribution in [3.05, 3.63) is 48.0 Å². The average molecular weight is 344 g/mol. The predicted octanol–water partition coefficient (Wildman–Crippen LogP) is 3.16. The fourth-order valence-electron chi connectivity index (χ4n) is 2.72. The molecule has 1 aliphatic carbocycles. The first-order chi connectivity index (χ1) is 12.1. The van der Waals surface area contributed by atoms with E-state index in [1.807, 2.05) is 30.3 Å². The molecule has 0 aromatic heterocycles. The van der Waals surface area contributed by atoms with Crippen LogP contribution in [0, 0.1) is 0 Å². The van der Waals surface area contributed by atoms with Crippen LogP contribution in [0.1, 0.15) is 44.1 Å². The topological polar surface area (TPSA) is 69.7 Å². The summed E-state index contributed by atoms with van der Waals surface area (Å²) >= 11 is 0. The molecular weight excluding hydrogens is 320 g/mol. The van der Waals surface area contributed by atoms with E-state index in [9.17, 15) is 14.4 Å². The van der Waals surface area contributed by atoms with E-state index in [-0.39, 0.29) is 18.5 Å². The molecule has 0 amide bonds. The average Bonchev–Trinajstić information content (AvgIpc) is 2.64. The zero-order chi connectivity index (χ0) is 17.9. The van der Waals surface area contributed by atoms with Gasteiger partial charge < -0.3 is 9.47 Å². The maximum absolute atomic E-state index is 11.7. The molecule has 1 fully saturated rings. The van der Waals surface area contributed by atoms with Crippen molar-refractivity contribution in [1.82, 2.24) is 0 Å². The maximum Gasteiger partial charge on any atom is 0.331 e. The third-order valence-corrected chi connectivity index (χ3v) is 4.10. The van der Waals surface area contributed by atoms with E-state index in [0.717, 1.165) is 43.4 Å². The number of rotatable bonds is 8. The normalized spacial score (nSPS) is 15.0. The number of aryl methyl sites for hydroxylation is 1. The van der Waals surface area contributed by atoms with Crippen LogP contribution in [0.4, 0.5) is 0 Å². The summed E-state index contributed by atoms with van der Waals surface area (Å²) < 4.78 is 10.1. The Morgan fingerprint density at radius 2 is 1.64 bits per heavy atom. The summed E-state index contributed by atoms with van der Waals surface area (Å²) in [4.78, 5) is 34.9. The summed E-state index contributed by atoms with van der Waals surface area (Å²) in [5.74, 6) is -1.41. The van der Waals surface area contributed by atoms with Gasteiger partial charge in [-0.25, -0.2) is 9.59 Å². The van der Waals surface area contributed by atoms with E-state index in [4.69, 9.17) is 9.47 Å². The van der Waals surface area contributed by atoms with Gasteiger partial charge in [0.1, 0.15) is 12.7 Å². The Kier molecular flexibility index (Phi) is 7.89. The van der Waals surface area contributed by atoms with Gasteiger partial charge in [0.15, 0.2) is 5.78 Å². The Morgan fingerprint density at radius 3 is 2.36 bits per heavy atom. The van der Waals surface area contributed by atoms with Gasteiger partial charge >= 0.3 is 11.9 Å². The van der Waals surface area contributed by atoms with Crippen LogP contribution in [0.15, 0.2) is 42.5 Å². The number of Topliss-reactive ketones (excluding diaryl/α,β-unsaturated/α-hetero) is 1. The number of hydrogen-bond donors (Lipinski definition) is 0. The maximum atomic E-state index is 11.7. The molecule has 25 heavy (non-hydrogen) atoms. The van der Waals surface area contributed by atoms with Crippen LogP contribution in [0.5, 0.6) is 0 Å². The number of carbonyl (C=O) groups is 3. The lowest BCUT2D eigenvalue weighted by atomic mass is 9.98. The standard InChI is InChI=1S/C20H24O5/c21-17(12-11-16-7-3-1-4-8-16)15-24-19(22)13-14-20(23)25-18-9-5-2-6-10-18/h1,3-4,7-8,13-14,18H,2,5-6,9-12,15H2/b14-13+. The van der Waals surface area contributed by atoms with Gasteiger partial charge in [0.25, 0.3) is 0 Å². The summed E-state index contributed by atoms with van der Waals surface area (Å²) in [6.07, 6.45) is 7.99. The zero-order valence-corrected chi connectivity index (χ0v) is 14.3. The van der Waals surface area contributed by atoms with Crippen LogP contribution in [0.3, 0.4) is 0 Å². The molecule has 0 saturated heterocycles. The third kappa shape index (κ3) is 7.79. The molecule has 5 nitrogen and oxygen atoms in total. The minimum Gasteiger partial charge on any atom is -0.459 e. The quantitative estimate of drug-likeness (QED) is 0.535. The highest BCUT2D eigenvalue weighted by Gasteiger charge is 2.16. The molecule has 0 spiro atoms. The molecule has 1 aromatic carbocycles. The van der Waals surface area contributed by atoms with Crippen molar-refractivity contribution >= 4 is 17.7 Å². The lowest BCUT2D eigenvalue weighted by molar-refractivity contribution is -0.146. The van der Waals surface area contributed by atoms with Gasteiger partial charge in [-0.15, -0.1) is 0 Å². The first-order valence-corrected chi connectivity index (χ1v) is 8.74. The lowest BCUT2D eigenvalue weighted by Crippen LogP contribution is -2.20. The van der Waals surface area contributed by atoms with Crippen molar-refractivity contribution < 1.29 is 23.9 Å². The zero-order valence-electron chi connectivity index (χ0n) is 14.3. The largest absolute Gasteiger partial charge is 0.459 e. The minimum absolute atomic E-state index is 0.0542. The Bertz CT molecular complexity index is 600. The molecule has 0 aliphatic heterocycles. The second-order valence-corrected chi connectivity index (χ2v) is 6.16. The van der Waals surface area contributed by atoms with Crippen LogP contribution in [-0.4, -0.2) is 30.4 Å². The number of esters is 2. The van der Waals surface area contributed by atoms with E-state index in [1.54, 1.807) is 0 Å². The van der Waals surface area contributed by atoms with Crippen LogP contribution < -0.4 is 0 Å². The van der Waals surface area contributed by atoms with E-state index < -0.39 is 11.9 Å². The second kappa shape index (κ2) is 10.4. The van der Waals surface area contributed by atoms with Crippen molar-refractivity contribution in [2.24, 2.45) is 0 Å². The van der Waals surface area contributed by atoms with E-state index in [1.165, 1.54) is 6.42 Å². The molecule has 0 atom stereocenters. The number of benzene rings is 1. The van der Waals surface area contributed by atoms with E-state index >= 15 is 0 Å². The lowest BCUT2D eigenvalue weighted by Gasteiger charge is -2.20. The van der Waals surface area contributed by atoms with Crippen molar-refractivity contribution in [3.63, 3.8) is 0 Å². The van der Waals surface area contributed by atoms with Crippen LogP contribution in [0.2, 0.25) is 0 Å². The first-order valence-electron chi connectivity index (χ1n) is 8.74.